The molecule has 3 amide bonds. The number of carbonyl (C=O) groups excluding carboxylic acids is 3. The number of hydrogen-bond donors (Lipinski definition) is 2. The first-order valence-electron chi connectivity index (χ1n) is 28.1. The van der Waals surface area contributed by atoms with Crippen molar-refractivity contribution in [3.63, 3.8) is 0 Å². The minimum Gasteiger partial charge on any atom is -0.497 e. The van der Waals surface area contributed by atoms with Gasteiger partial charge in [0.05, 0.1) is 57.1 Å². The van der Waals surface area contributed by atoms with Crippen LogP contribution in [0, 0.1) is 0 Å². The van der Waals surface area contributed by atoms with Crippen LogP contribution in [0.3, 0.4) is 0 Å². The quantitative estimate of drug-likeness (QED) is 0.0387. The maximum absolute atomic E-state index is 12.8. The number of halogens is 3. The van der Waals surface area contributed by atoms with Crippen LogP contribution in [0.4, 0.5) is 4.79 Å². The normalized spacial score (nSPS) is 12.2. The van der Waals surface area contributed by atoms with Crippen molar-refractivity contribution in [2.75, 3.05) is 34.4 Å². The molecule has 0 unspecified atom stereocenters. The molecule has 15 nitrogen and oxygen atoms in total. The molecule has 0 fully saturated rings. The molecule has 0 spiro atoms. The van der Waals surface area contributed by atoms with Gasteiger partial charge < -0.3 is 38.4 Å². The Morgan fingerprint density at radius 2 is 1.11 bits per heavy atom. The summed E-state index contributed by atoms with van der Waals surface area (Å²) in [6.45, 7) is 15.1. The minimum absolute atomic E-state index is 0.201. The summed E-state index contributed by atoms with van der Waals surface area (Å²) in [5.41, 5.74) is 9.87. The maximum atomic E-state index is 12.8. The van der Waals surface area contributed by atoms with Crippen LogP contribution in [0.25, 0.3) is 66.1 Å². The van der Waals surface area contributed by atoms with Gasteiger partial charge in [0, 0.05) is 95.3 Å². The zero-order chi connectivity index (χ0) is 60.6. The van der Waals surface area contributed by atoms with Crippen LogP contribution in [-0.2, 0) is 17.8 Å². The first kappa shape index (κ1) is 61.4. The number of pyridine rings is 3. The van der Waals surface area contributed by atoms with Gasteiger partial charge in [0.2, 0.25) is 0 Å². The molecule has 0 atom stereocenters. The third-order valence-electron chi connectivity index (χ3n) is 14.4. The van der Waals surface area contributed by atoms with Crippen LogP contribution in [0.1, 0.15) is 67.2 Å². The molecule has 7 heterocycles. The summed E-state index contributed by atoms with van der Waals surface area (Å²) < 4.78 is 25.9. The second-order valence-corrected chi connectivity index (χ2v) is 28.5. The summed E-state index contributed by atoms with van der Waals surface area (Å²) in [5, 5.41) is 8.39. The summed E-state index contributed by atoms with van der Waals surface area (Å²) >= 11 is 19.3. The van der Waals surface area contributed by atoms with E-state index in [1.165, 1.54) is 10.2 Å². The molecule has 440 valence electrons. The molecule has 1 aliphatic rings. The highest BCUT2D eigenvalue weighted by Gasteiger charge is 2.35. The van der Waals surface area contributed by atoms with E-state index < -0.39 is 13.7 Å². The van der Waals surface area contributed by atoms with E-state index in [0.29, 0.717) is 46.1 Å². The van der Waals surface area contributed by atoms with Gasteiger partial charge in [-0.3, -0.25) is 14.5 Å². The minimum atomic E-state index is -1.87. The number of rotatable bonds is 17. The monoisotopic (exact) mass is 1220 g/mol. The fourth-order valence-corrected chi connectivity index (χ4v) is 13.5. The number of nitrogens with zero attached hydrogens (tertiary/aromatic N) is 6. The van der Waals surface area contributed by atoms with E-state index in [1.807, 2.05) is 112 Å². The van der Waals surface area contributed by atoms with Crippen molar-refractivity contribution in [3.8, 4) is 50.6 Å². The lowest BCUT2D eigenvalue weighted by molar-refractivity contribution is 0.0525. The van der Waals surface area contributed by atoms with Crippen LogP contribution < -0.4 is 24.8 Å². The van der Waals surface area contributed by atoms with Gasteiger partial charge in [-0.1, -0.05) is 103 Å². The predicted octanol–water partition coefficient (Wildman–Crippen LogP) is 15.5. The van der Waals surface area contributed by atoms with Gasteiger partial charge in [-0.05, 0) is 130 Å². The Labute approximate surface area is 511 Å². The smallest absolute Gasteiger partial charge is 0.407 e. The average molecular weight is 1220 g/mol. The molecule has 0 aliphatic carbocycles. The van der Waals surface area contributed by atoms with Gasteiger partial charge in [-0.25, -0.2) is 19.7 Å². The number of carbonyl (C=O) groups is 3. The zero-order valence-electron chi connectivity index (χ0n) is 49.2. The lowest BCUT2D eigenvalue weighted by atomic mass is 10.1. The van der Waals surface area contributed by atoms with Crippen LogP contribution >= 0.6 is 34.8 Å². The number of unbranched alkanes of at least 4 members (excludes halogenated alkanes) is 2. The highest BCUT2D eigenvalue weighted by atomic mass is 35.5. The highest BCUT2D eigenvalue weighted by molar-refractivity contribution is 6.89. The van der Waals surface area contributed by atoms with Crippen molar-refractivity contribution >= 4 is 98.8 Å². The Morgan fingerprint density at radius 1 is 0.588 bits per heavy atom. The summed E-state index contributed by atoms with van der Waals surface area (Å²) in [7, 11) is 3.11. The topological polar surface area (TPSA) is 168 Å². The predicted molar refractivity (Wildman–Crippen MR) is 344 cm³/mol. The van der Waals surface area contributed by atoms with E-state index in [-0.39, 0.29) is 17.9 Å². The average Bonchev–Trinajstić information content (AvgIpc) is 1.95. The standard InChI is InChI=1S/C29H30ClN3O3Si.C23H28ClN3O3.C14H11ClN2O/c1-36-20-11-9-10-19(18-20)24-25-23(14-15-31-26(25)30)32(29(24)37(2,3)4)16-7-8-17-33-27(34)21-12-5-6-13-22(21)28(33)35;1-23(2,3)30-22(28)26-11-5-6-13-27-15-18(16-8-7-9-17(14-16)29-4)20-19(27)10-12-25-21(20)24;1-18-10-4-2-3-9(7-10)11-8-17-12-5-6-16-14(15)13(11)12/h5-6,9-15,18H,7-8,16-17H2,1-4H3;7-10,12,14-15H,5-6,11,13H2,1-4H3,(H,26,28);2-8,17H,1H3. The van der Waals surface area contributed by atoms with E-state index in [4.69, 9.17) is 53.8 Å². The number of amides is 3. The Balaban J connectivity index is 0.000000161. The van der Waals surface area contributed by atoms with Crippen LogP contribution in [0.15, 0.2) is 146 Å². The number of hydrogen-bond acceptors (Lipinski definition) is 10. The molecule has 6 aromatic heterocycles. The maximum Gasteiger partial charge on any atom is 0.407 e. The first-order valence-corrected chi connectivity index (χ1v) is 32.7. The molecule has 10 aromatic rings. The van der Waals surface area contributed by atoms with Crippen LogP contribution in [-0.4, -0.2) is 100.0 Å². The molecule has 0 radical (unpaired) electrons. The molecule has 11 rings (SSSR count). The number of aromatic nitrogens is 6. The van der Waals surface area contributed by atoms with Crippen molar-refractivity contribution in [1.29, 1.82) is 0 Å². The van der Waals surface area contributed by atoms with Crippen molar-refractivity contribution in [2.45, 2.75) is 84.8 Å². The molecule has 4 aromatic carbocycles. The van der Waals surface area contributed by atoms with Gasteiger partial charge >= 0.3 is 6.09 Å². The largest absolute Gasteiger partial charge is 0.497 e. The van der Waals surface area contributed by atoms with Gasteiger partial charge in [0.15, 0.2) is 0 Å². The van der Waals surface area contributed by atoms with Gasteiger partial charge in [-0.2, -0.15) is 0 Å². The zero-order valence-corrected chi connectivity index (χ0v) is 52.5. The fraction of sp³-hybridized carbons (Fsp3) is 0.273. The second kappa shape index (κ2) is 26.8. The molecule has 1 aliphatic heterocycles. The Morgan fingerprint density at radius 3 is 1.69 bits per heavy atom. The number of imide groups is 1. The molecule has 0 saturated heterocycles. The molecule has 0 bridgehead atoms. The molecule has 0 saturated carbocycles. The molecule has 2 N–H and O–H groups in total. The number of ether oxygens (including phenoxy) is 4. The van der Waals surface area contributed by atoms with Crippen LogP contribution in [0.5, 0.6) is 17.2 Å². The Hall–Kier alpha value is -8.15. The van der Waals surface area contributed by atoms with Crippen molar-refractivity contribution in [1.82, 2.24) is 39.3 Å². The molecule has 19 heteroatoms. The highest BCUT2D eigenvalue weighted by Crippen LogP contribution is 2.39. The van der Waals surface area contributed by atoms with E-state index in [1.54, 1.807) is 64.2 Å². The number of aryl methyl sites for hydroxylation is 2. The second-order valence-electron chi connectivity index (χ2n) is 22.4. The SMILES string of the molecule is COc1cccc(-c2c([Si](C)(C)C)n(CCCCN3C(=O)c4ccccc4C3=O)c3ccnc(Cl)c23)c1.COc1cccc(-c2c[nH]c3ccnc(Cl)c23)c1.COc1cccc(-c2cn(CCCCNC(=O)OC(C)(C)C)c3ccnc(Cl)c23)c1. The summed E-state index contributed by atoms with van der Waals surface area (Å²) in [6.07, 6.45) is 12.1. The van der Waals surface area contributed by atoms with Crippen LogP contribution in [0.2, 0.25) is 35.1 Å². The van der Waals surface area contributed by atoms with E-state index in [2.05, 4.69) is 66.3 Å². The number of alkyl carbamates (subject to hydrolysis) is 1. The number of aromatic amines is 1. The van der Waals surface area contributed by atoms with Gasteiger partial charge in [0.25, 0.3) is 11.8 Å². The molecular weight excluding hydrogens is 1150 g/mol. The number of methoxy groups -OCH3 is 3. The number of nitrogens with one attached hydrogen (secondary N) is 2. The summed E-state index contributed by atoms with van der Waals surface area (Å²) in [6, 6.07) is 36.8. The lowest BCUT2D eigenvalue weighted by Crippen LogP contribution is -2.44. The van der Waals surface area contributed by atoms with E-state index in [9.17, 15) is 14.4 Å². The summed E-state index contributed by atoms with van der Waals surface area (Å²) in [4.78, 5) is 54.6. The number of H-pyrrole nitrogens is 1. The first-order chi connectivity index (χ1) is 40.8. The summed E-state index contributed by atoms with van der Waals surface area (Å²) in [5.74, 6) is 2.00. The third-order valence-corrected chi connectivity index (χ3v) is 17.2. The fourth-order valence-electron chi connectivity index (χ4n) is 10.7. The van der Waals surface area contributed by atoms with Crippen molar-refractivity contribution in [2.24, 2.45) is 0 Å². The van der Waals surface area contributed by atoms with E-state index in [0.717, 1.165) is 116 Å². The van der Waals surface area contributed by atoms with Gasteiger partial charge in [-0.15, -0.1) is 0 Å². The van der Waals surface area contributed by atoms with Crippen molar-refractivity contribution in [3.05, 3.63) is 173 Å². The number of benzene rings is 4. The Kier molecular flexibility index (Phi) is 19.4. The van der Waals surface area contributed by atoms with Gasteiger partial charge in [0.1, 0.15) is 38.3 Å². The number of fused-ring (bicyclic) bond motifs is 4. The Bertz CT molecular complexity index is 4020. The van der Waals surface area contributed by atoms with Crippen molar-refractivity contribution < 1.29 is 33.3 Å². The third kappa shape index (κ3) is 14.0. The molecule has 85 heavy (non-hydrogen) atoms. The van der Waals surface area contributed by atoms with E-state index >= 15 is 0 Å². The lowest BCUT2D eigenvalue weighted by Gasteiger charge is -2.23. The molecular formula is C66H69Cl3N8O7Si.